The molecule has 0 fully saturated rings. The van der Waals surface area contributed by atoms with Crippen LogP contribution >= 0.6 is 11.6 Å². The molecule has 2 aromatic rings. The van der Waals surface area contributed by atoms with Crippen LogP contribution in [0.4, 0.5) is 0 Å². The first kappa shape index (κ1) is 14.0. The summed E-state index contributed by atoms with van der Waals surface area (Å²) in [5.74, 6) is 0.934. The fourth-order valence-corrected chi connectivity index (χ4v) is 2.73. The molecule has 1 atom stereocenters. The molecule has 0 saturated heterocycles. The van der Waals surface area contributed by atoms with Crippen molar-refractivity contribution in [1.82, 2.24) is 10.2 Å². The van der Waals surface area contributed by atoms with Gasteiger partial charge in [-0.05, 0) is 23.3 Å². The van der Waals surface area contributed by atoms with Crippen LogP contribution in [-0.2, 0) is 6.54 Å². The molecule has 0 spiro atoms. The largest absolute Gasteiger partial charge is 0.348 e. The smallest absolute Gasteiger partial charge is 0.194 e. The molecule has 1 N–H and O–H groups in total. The molecule has 1 aliphatic heterocycles. The van der Waals surface area contributed by atoms with Gasteiger partial charge in [0.2, 0.25) is 0 Å². The summed E-state index contributed by atoms with van der Waals surface area (Å²) in [4.78, 5) is 6.73. The molecule has 1 heterocycles. The maximum Gasteiger partial charge on any atom is 0.194 e. The predicted molar refractivity (Wildman–Crippen MR) is 87.5 cm³/mol. The zero-order valence-corrected chi connectivity index (χ0v) is 12.7. The molecular formula is C17H18ClN3. The highest BCUT2D eigenvalue weighted by Gasteiger charge is 2.21. The SMILES string of the molecule is CN(Cc1cccc(Cl)c1)C1=NCC(c2ccccc2)N1. The molecule has 1 aliphatic rings. The molecule has 4 heteroatoms. The summed E-state index contributed by atoms with van der Waals surface area (Å²) in [6.07, 6.45) is 0. The first-order chi connectivity index (χ1) is 10.2. The Balaban J connectivity index is 1.63. The fraction of sp³-hybridized carbons (Fsp3) is 0.235. The van der Waals surface area contributed by atoms with Crippen LogP contribution in [0.15, 0.2) is 59.6 Å². The first-order valence-electron chi connectivity index (χ1n) is 7.04. The Morgan fingerprint density at radius 3 is 2.76 bits per heavy atom. The van der Waals surface area contributed by atoms with E-state index in [0.29, 0.717) is 0 Å². The lowest BCUT2D eigenvalue weighted by molar-refractivity contribution is 0.480. The van der Waals surface area contributed by atoms with Crippen molar-refractivity contribution in [2.45, 2.75) is 12.6 Å². The van der Waals surface area contributed by atoms with Crippen LogP contribution in [0.1, 0.15) is 17.2 Å². The minimum absolute atomic E-state index is 0.267. The van der Waals surface area contributed by atoms with Gasteiger partial charge < -0.3 is 10.2 Å². The van der Waals surface area contributed by atoms with Gasteiger partial charge >= 0.3 is 0 Å². The summed E-state index contributed by atoms with van der Waals surface area (Å²) in [5.41, 5.74) is 2.45. The van der Waals surface area contributed by atoms with E-state index in [4.69, 9.17) is 11.6 Å². The van der Waals surface area contributed by atoms with Crippen LogP contribution in [0.3, 0.4) is 0 Å². The number of hydrogen-bond acceptors (Lipinski definition) is 3. The second kappa shape index (κ2) is 6.19. The number of guanidine groups is 1. The number of nitrogens with one attached hydrogen (secondary N) is 1. The van der Waals surface area contributed by atoms with Crippen LogP contribution in [-0.4, -0.2) is 24.5 Å². The van der Waals surface area contributed by atoms with E-state index in [1.54, 1.807) is 0 Å². The quantitative estimate of drug-likeness (QED) is 0.940. The van der Waals surface area contributed by atoms with E-state index in [2.05, 4.69) is 45.5 Å². The third-order valence-electron chi connectivity index (χ3n) is 3.60. The Bertz CT molecular complexity index is 639. The molecular weight excluding hydrogens is 282 g/mol. The van der Waals surface area contributed by atoms with E-state index < -0.39 is 0 Å². The van der Waals surface area contributed by atoms with Gasteiger partial charge in [-0.3, -0.25) is 4.99 Å². The zero-order valence-electron chi connectivity index (χ0n) is 12.0. The minimum atomic E-state index is 0.267. The summed E-state index contributed by atoms with van der Waals surface area (Å²) in [5, 5.41) is 4.25. The molecule has 21 heavy (non-hydrogen) atoms. The van der Waals surface area contributed by atoms with Gasteiger partial charge in [-0.15, -0.1) is 0 Å². The third-order valence-corrected chi connectivity index (χ3v) is 3.83. The number of rotatable bonds is 3. The highest BCUT2D eigenvalue weighted by atomic mass is 35.5. The van der Waals surface area contributed by atoms with Crippen LogP contribution in [0.5, 0.6) is 0 Å². The summed E-state index contributed by atoms with van der Waals surface area (Å²) in [7, 11) is 2.04. The van der Waals surface area contributed by atoms with Crippen molar-refractivity contribution >= 4 is 17.6 Å². The van der Waals surface area contributed by atoms with E-state index in [9.17, 15) is 0 Å². The Kier molecular flexibility index (Phi) is 4.11. The summed E-state index contributed by atoms with van der Waals surface area (Å²) in [6.45, 7) is 1.56. The minimum Gasteiger partial charge on any atom is -0.348 e. The molecule has 108 valence electrons. The van der Waals surface area contributed by atoms with Crippen molar-refractivity contribution in [3.8, 4) is 0 Å². The standard InChI is InChI=1S/C17H18ClN3/c1-21(12-13-6-5-9-15(18)10-13)17-19-11-16(20-17)14-7-3-2-4-8-14/h2-10,16H,11-12H2,1H3,(H,19,20). The summed E-state index contributed by atoms with van der Waals surface area (Å²) < 4.78 is 0. The van der Waals surface area contributed by atoms with Crippen molar-refractivity contribution in [1.29, 1.82) is 0 Å². The van der Waals surface area contributed by atoms with Gasteiger partial charge in [-0.25, -0.2) is 0 Å². The Morgan fingerprint density at radius 2 is 2.00 bits per heavy atom. The molecule has 1 unspecified atom stereocenters. The first-order valence-corrected chi connectivity index (χ1v) is 7.42. The average molecular weight is 300 g/mol. The van der Waals surface area contributed by atoms with Gasteiger partial charge in [-0.1, -0.05) is 54.1 Å². The number of hydrogen-bond donors (Lipinski definition) is 1. The van der Waals surface area contributed by atoms with Crippen molar-refractivity contribution in [2.24, 2.45) is 4.99 Å². The number of aliphatic imine (C=N–C) groups is 1. The van der Waals surface area contributed by atoms with E-state index in [1.165, 1.54) is 11.1 Å². The normalized spacial score (nSPS) is 17.2. The summed E-state index contributed by atoms with van der Waals surface area (Å²) in [6, 6.07) is 18.6. The lowest BCUT2D eigenvalue weighted by Gasteiger charge is -2.21. The molecule has 0 bridgehead atoms. The topological polar surface area (TPSA) is 27.6 Å². The maximum absolute atomic E-state index is 6.03. The lowest BCUT2D eigenvalue weighted by atomic mass is 10.1. The average Bonchev–Trinajstić information content (AvgIpc) is 2.98. The highest BCUT2D eigenvalue weighted by Crippen LogP contribution is 2.18. The molecule has 0 radical (unpaired) electrons. The second-order valence-electron chi connectivity index (χ2n) is 5.26. The molecule has 0 amide bonds. The Hall–Kier alpha value is -2.00. The van der Waals surface area contributed by atoms with Gasteiger partial charge in [0.05, 0.1) is 12.6 Å². The Morgan fingerprint density at radius 1 is 1.19 bits per heavy atom. The van der Waals surface area contributed by atoms with Crippen molar-refractivity contribution < 1.29 is 0 Å². The van der Waals surface area contributed by atoms with E-state index >= 15 is 0 Å². The van der Waals surface area contributed by atoms with Crippen LogP contribution < -0.4 is 5.32 Å². The lowest BCUT2D eigenvalue weighted by Crippen LogP contribution is -2.36. The molecule has 2 aromatic carbocycles. The summed E-state index contributed by atoms with van der Waals surface area (Å²) >= 11 is 6.03. The van der Waals surface area contributed by atoms with Gasteiger partial charge in [0.15, 0.2) is 5.96 Å². The fourth-order valence-electron chi connectivity index (χ4n) is 2.51. The number of halogens is 1. The monoisotopic (exact) mass is 299 g/mol. The molecule has 3 nitrogen and oxygen atoms in total. The van der Waals surface area contributed by atoms with Crippen LogP contribution in [0.2, 0.25) is 5.02 Å². The van der Waals surface area contributed by atoms with Gasteiger partial charge in [-0.2, -0.15) is 0 Å². The van der Waals surface area contributed by atoms with Crippen molar-refractivity contribution in [3.05, 3.63) is 70.7 Å². The van der Waals surface area contributed by atoms with Gasteiger partial charge in [0.1, 0.15) is 0 Å². The molecule has 0 aromatic heterocycles. The third kappa shape index (κ3) is 3.37. The van der Waals surface area contributed by atoms with Gasteiger partial charge in [0.25, 0.3) is 0 Å². The van der Waals surface area contributed by atoms with E-state index in [0.717, 1.165) is 24.1 Å². The maximum atomic E-state index is 6.03. The number of benzene rings is 2. The molecule has 0 aliphatic carbocycles. The predicted octanol–water partition coefficient (Wildman–Crippen LogP) is 3.47. The zero-order chi connectivity index (χ0) is 14.7. The molecule has 3 rings (SSSR count). The Labute approximate surface area is 130 Å². The second-order valence-corrected chi connectivity index (χ2v) is 5.69. The van der Waals surface area contributed by atoms with Gasteiger partial charge in [0, 0.05) is 18.6 Å². The molecule has 0 saturated carbocycles. The van der Waals surface area contributed by atoms with Crippen LogP contribution in [0, 0.1) is 0 Å². The highest BCUT2D eigenvalue weighted by molar-refractivity contribution is 6.30. The number of nitrogens with zero attached hydrogens (tertiary/aromatic N) is 2. The van der Waals surface area contributed by atoms with E-state index in [1.807, 2.05) is 31.3 Å². The van der Waals surface area contributed by atoms with Crippen LogP contribution in [0.25, 0.3) is 0 Å². The van der Waals surface area contributed by atoms with Crippen molar-refractivity contribution in [2.75, 3.05) is 13.6 Å². The van der Waals surface area contributed by atoms with E-state index in [-0.39, 0.29) is 6.04 Å². The van der Waals surface area contributed by atoms with Crippen molar-refractivity contribution in [3.63, 3.8) is 0 Å².